The van der Waals surface area contributed by atoms with Gasteiger partial charge in [-0.05, 0) is 45.9 Å². The first-order valence-electron chi connectivity index (χ1n) is 9.47. The number of rotatable bonds is 8. The zero-order valence-electron chi connectivity index (χ0n) is 17.2. The summed E-state index contributed by atoms with van der Waals surface area (Å²) in [6, 6.07) is 4.79. The number of thiazole rings is 1. The number of benzene rings is 1. The monoisotopic (exact) mass is 442 g/mol. The van der Waals surface area contributed by atoms with Crippen LogP contribution in [0.1, 0.15) is 54.1 Å². The molecule has 0 aliphatic rings. The van der Waals surface area contributed by atoms with Crippen LogP contribution < -0.4 is 10.6 Å². The van der Waals surface area contributed by atoms with Crippen molar-refractivity contribution in [2.24, 2.45) is 0 Å². The molecule has 0 atom stereocenters. The van der Waals surface area contributed by atoms with Crippen molar-refractivity contribution in [2.45, 2.75) is 46.0 Å². The molecule has 6 nitrogen and oxygen atoms in total. The maximum absolute atomic E-state index is 12.8. The number of nitrogens with one attached hydrogen (secondary N) is 2. The van der Waals surface area contributed by atoms with E-state index < -0.39 is 17.6 Å². The molecule has 0 unspecified atom stereocenters. The first-order valence-corrected chi connectivity index (χ1v) is 10.3. The number of hydrogen-bond acceptors (Lipinski definition) is 5. The number of halogens is 3. The van der Waals surface area contributed by atoms with E-state index in [-0.39, 0.29) is 22.3 Å². The van der Waals surface area contributed by atoms with Gasteiger partial charge in [-0.15, -0.1) is 11.3 Å². The highest BCUT2D eigenvalue weighted by atomic mass is 32.1. The third-order valence-electron chi connectivity index (χ3n) is 4.39. The summed E-state index contributed by atoms with van der Waals surface area (Å²) in [7, 11) is 0. The average molecular weight is 443 g/mol. The van der Waals surface area contributed by atoms with Crippen LogP contribution in [-0.2, 0) is 6.18 Å². The Morgan fingerprint density at radius 2 is 1.80 bits per heavy atom. The molecule has 2 aromatic rings. The van der Waals surface area contributed by atoms with Crippen molar-refractivity contribution in [3.63, 3.8) is 0 Å². The maximum atomic E-state index is 12.8. The molecule has 1 aromatic heterocycles. The van der Waals surface area contributed by atoms with Crippen LogP contribution in [-0.4, -0.2) is 46.9 Å². The molecule has 0 radical (unpaired) electrons. The van der Waals surface area contributed by atoms with E-state index in [1.54, 1.807) is 0 Å². The van der Waals surface area contributed by atoms with Crippen molar-refractivity contribution < 1.29 is 22.8 Å². The SMILES string of the molecule is CC(C)N(CCNC(=O)c1csc(NC(=O)c2cccc(C(F)(F)F)c2)n1)C(C)C. The van der Waals surface area contributed by atoms with Gasteiger partial charge in [0.25, 0.3) is 11.8 Å². The molecule has 164 valence electrons. The highest BCUT2D eigenvalue weighted by Crippen LogP contribution is 2.29. The van der Waals surface area contributed by atoms with E-state index in [4.69, 9.17) is 0 Å². The van der Waals surface area contributed by atoms with Crippen molar-refractivity contribution >= 4 is 28.3 Å². The molecule has 0 fully saturated rings. The summed E-state index contributed by atoms with van der Waals surface area (Å²) in [6.45, 7) is 9.47. The lowest BCUT2D eigenvalue weighted by Crippen LogP contribution is -2.42. The van der Waals surface area contributed by atoms with Gasteiger partial charge < -0.3 is 5.32 Å². The molecule has 0 saturated heterocycles. The second kappa shape index (κ2) is 10.0. The van der Waals surface area contributed by atoms with Crippen molar-refractivity contribution in [3.05, 3.63) is 46.5 Å². The number of nitrogens with zero attached hydrogens (tertiary/aromatic N) is 2. The van der Waals surface area contributed by atoms with Gasteiger partial charge in [-0.2, -0.15) is 13.2 Å². The summed E-state index contributed by atoms with van der Waals surface area (Å²) in [5.74, 6) is -1.11. The second-order valence-corrected chi connectivity index (χ2v) is 8.11. The molecule has 10 heteroatoms. The van der Waals surface area contributed by atoms with E-state index in [0.29, 0.717) is 25.2 Å². The van der Waals surface area contributed by atoms with Crippen molar-refractivity contribution in [2.75, 3.05) is 18.4 Å². The Hall–Kier alpha value is -2.46. The molecule has 1 aromatic carbocycles. The first kappa shape index (κ1) is 23.8. The number of amides is 2. The fourth-order valence-electron chi connectivity index (χ4n) is 2.94. The van der Waals surface area contributed by atoms with Gasteiger partial charge in [-0.3, -0.25) is 19.8 Å². The van der Waals surface area contributed by atoms with Crippen molar-refractivity contribution in [1.29, 1.82) is 0 Å². The van der Waals surface area contributed by atoms with Crippen LogP contribution in [0.3, 0.4) is 0 Å². The smallest absolute Gasteiger partial charge is 0.349 e. The number of carbonyl (C=O) groups excluding carboxylic acids is 2. The van der Waals surface area contributed by atoms with Crippen molar-refractivity contribution in [1.82, 2.24) is 15.2 Å². The summed E-state index contributed by atoms with van der Waals surface area (Å²) in [5.41, 5.74) is -0.917. The van der Waals surface area contributed by atoms with E-state index in [2.05, 4.69) is 48.2 Å². The Bertz CT molecular complexity index is 873. The van der Waals surface area contributed by atoms with Crippen LogP contribution in [0.5, 0.6) is 0 Å². The zero-order valence-corrected chi connectivity index (χ0v) is 18.0. The molecule has 0 saturated carbocycles. The number of alkyl halides is 3. The highest BCUT2D eigenvalue weighted by molar-refractivity contribution is 7.14. The minimum absolute atomic E-state index is 0.133. The fourth-order valence-corrected chi connectivity index (χ4v) is 3.63. The van der Waals surface area contributed by atoms with E-state index >= 15 is 0 Å². The minimum Gasteiger partial charge on any atom is -0.349 e. The van der Waals surface area contributed by atoms with E-state index in [0.717, 1.165) is 29.5 Å². The maximum Gasteiger partial charge on any atom is 0.416 e. The number of hydrogen-bond donors (Lipinski definition) is 2. The average Bonchev–Trinajstić information content (AvgIpc) is 3.12. The molecular formula is C20H25F3N4O2S. The predicted molar refractivity (Wildman–Crippen MR) is 111 cm³/mol. The van der Waals surface area contributed by atoms with Crippen molar-refractivity contribution in [3.8, 4) is 0 Å². The standard InChI is InChI=1S/C20H25F3N4O2S/c1-12(2)27(13(3)4)9-8-24-18(29)16-11-30-19(25-16)26-17(28)14-6-5-7-15(10-14)20(21,22)23/h5-7,10-13H,8-9H2,1-4H3,(H,24,29)(H,25,26,28). The Balaban J connectivity index is 1.95. The second-order valence-electron chi connectivity index (χ2n) is 7.25. The van der Waals surface area contributed by atoms with E-state index in [9.17, 15) is 22.8 Å². The normalized spacial score (nSPS) is 11.9. The highest BCUT2D eigenvalue weighted by Gasteiger charge is 2.31. The third kappa shape index (κ3) is 6.53. The summed E-state index contributed by atoms with van der Waals surface area (Å²) < 4.78 is 38.4. The summed E-state index contributed by atoms with van der Waals surface area (Å²) >= 11 is 1.02. The van der Waals surface area contributed by atoms with Gasteiger partial charge in [0.05, 0.1) is 5.56 Å². The molecule has 0 aliphatic heterocycles. The Morgan fingerprint density at radius 3 is 2.40 bits per heavy atom. The Kier molecular flexibility index (Phi) is 7.96. The lowest BCUT2D eigenvalue weighted by Gasteiger charge is -2.30. The number of anilines is 1. The summed E-state index contributed by atoms with van der Waals surface area (Å²) in [6.07, 6.45) is -4.54. The Morgan fingerprint density at radius 1 is 1.13 bits per heavy atom. The molecule has 0 spiro atoms. The molecule has 0 aliphatic carbocycles. The molecule has 2 N–H and O–H groups in total. The van der Waals surface area contributed by atoms with Crippen LogP contribution in [0.2, 0.25) is 0 Å². The number of aromatic nitrogens is 1. The molecule has 2 amide bonds. The van der Waals surface area contributed by atoms with Crippen LogP contribution >= 0.6 is 11.3 Å². The largest absolute Gasteiger partial charge is 0.416 e. The van der Waals surface area contributed by atoms with Gasteiger partial charge in [0.1, 0.15) is 5.69 Å². The van der Waals surface area contributed by atoms with Crippen LogP contribution in [0.15, 0.2) is 29.6 Å². The quantitative estimate of drug-likeness (QED) is 0.641. The third-order valence-corrected chi connectivity index (χ3v) is 5.15. The van der Waals surface area contributed by atoms with E-state index in [1.807, 2.05) is 0 Å². The van der Waals surface area contributed by atoms with Crippen LogP contribution in [0.25, 0.3) is 0 Å². The predicted octanol–water partition coefficient (Wildman–Crippen LogP) is 4.26. The summed E-state index contributed by atoms with van der Waals surface area (Å²) in [5, 5.41) is 6.84. The van der Waals surface area contributed by atoms with Gasteiger partial charge in [0.15, 0.2) is 5.13 Å². The van der Waals surface area contributed by atoms with Gasteiger partial charge in [-0.1, -0.05) is 6.07 Å². The Labute approximate surface area is 177 Å². The molecular weight excluding hydrogens is 417 g/mol. The molecule has 2 rings (SSSR count). The van der Waals surface area contributed by atoms with E-state index in [1.165, 1.54) is 11.4 Å². The van der Waals surface area contributed by atoms with Gasteiger partial charge >= 0.3 is 6.18 Å². The lowest BCUT2D eigenvalue weighted by atomic mass is 10.1. The summed E-state index contributed by atoms with van der Waals surface area (Å²) in [4.78, 5) is 30.8. The van der Waals surface area contributed by atoms with Gasteiger partial charge in [0.2, 0.25) is 0 Å². The minimum atomic E-state index is -4.54. The first-order chi connectivity index (χ1) is 14.0. The zero-order chi connectivity index (χ0) is 22.5. The number of carbonyl (C=O) groups is 2. The lowest BCUT2D eigenvalue weighted by molar-refractivity contribution is -0.137. The molecule has 0 bridgehead atoms. The topological polar surface area (TPSA) is 74.3 Å². The fraction of sp³-hybridized carbons (Fsp3) is 0.450. The molecule has 1 heterocycles. The van der Waals surface area contributed by atoms with Gasteiger partial charge in [-0.25, -0.2) is 4.98 Å². The van der Waals surface area contributed by atoms with Crippen LogP contribution in [0, 0.1) is 0 Å². The van der Waals surface area contributed by atoms with Crippen LogP contribution in [0.4, 0.5) is 18.3 Å². The van der Waals surface area contributed by atoms with Gasteiger partial charge in [0, 0.05) is 36.1 Å². The molecule has 30 heavy (non-hydrogen) atoms.